The molecule has 0 amide bonds. The van der Waals surface area contributed by atoms with E-state index in [1.807, 2.05) is 0 Å². The second-order valence-corrected chi connectivity index (χ2v) is 7.24. The summed E-state index contributed by atoms with van der Waals surface area (Å²) in [4.78, 5) is 19.4. The topological polar surface area (TPSA) is 143 Å². The third-order valence-electron chi connectivity index (χ3n) is 2.73. The van der Waals surface area contributed by atoms with Gasteiger partial charge in [0.1, 0.15) is 0 Å². The molecular weight excluding hydrogens is 462 g/mol. The fraction of sp³-hybridized carbons (Fsp3) is 0. The van der Waals surface area contributed by atoms with Gasteiger partial charge >= 0.3 is 32.4 Å². The van der Waals surface area contributed by atoms with Crippen molar-refractivity contribution >= 4 is 32.4 Å². The van der Waals surface area contributed by atoms with Gasteiger partial charge in [0.15, 0.2) is 0 Å². The molecule has 0 fully saturated rings. The van der Waals surface area contributed by atoms with E-state index in [0.717, 1.165) is 36.4 Å². The molecule has 13 heteroatoms. The molecule has 0 saturated carbocycles. The summed E-state index contributed by atoms with van der Waals surface area (Å²) in [5.74, 6) is -2.60. The Balaban J connectivity index is 0.000000483. The molecule has 0 saturated heterocycles. The van der Waals surface area contributed by atoms with Crippen LogP contribution >= 0.6 is 0 Å². The molecular formula is C14H10CuF2O8S2. The van der Waals surface area contributed by atoms with Crippen molar-refractivity contribution in [2.75, 3.05) is 0 Å². The number of aromatic carboxylic acids is 2. The van der Waals surface area contributed by atoms with Crippen LogP contribution in [0.3, 0.4) is 0 Å². The zero-order chi connectivity index (χ0) is 20.1. The third kappa shape index (κ3) is 7.83. The zero-order valence-electron chi connectivity index (χ0n) is 12.8. The van der Waals surface area contributed by atoms with E-state index in [0.29, 0.717) is 0 Å². The van der Waals surface area contributed by atoms with Crippen molar-refractivity contribution in [3.63, 3.8) is 0 Å². The van der Waals surface area contributed by atoms with Gasteiger partial charge in [0, 0.05) is 17.1 Å². The molecule has 151 valence electrons. The number of rotatable bonds is 4. The maximum Gasteiger partial charge on any atom is 0.335 e. The Morgan fingerprint density at radius 1 is 0.704 bits per heavy atom. The molecule has 8 nitrogen and oxygen atoms in total. The Morgan fingerprint density at radius 3 is 1.22 bits per heavy atom. The summed E-state index contributed by atoms with van der Waals surface area (Å²) in [6.07, 6.45) is 0. The van der Waals surface area contributed by atoms with Crippen molar-refractivity contribution < 1.29 is 61.5 Å². The maximum absolute atomic E-state index is 12.3. The van der Waals surface area contributed by atoms with Crippen molar-refractivity contribution in [2.24, 2.45) is 0 Å². The zero-order valence-corrected chi connectivity index (χ0v) is 15.4. The number of hydrogen-bond donors (Lipinski definition) is 2. The van der Waals surface area contributed by atoms with E-state index in [-0.39, 0.29) is 28.2 Å². The van der Waals surface area contributed by atoms with Gasteiger partial charge in [0.2, 0.25) is 0 Å². The molecule has 27 heavy (non-hydrogen) atoms. The molecule has 2 N–H and O–H groups in total. The van der Waals surface area contributed by atoms with E-state index in [4.69, 9.17) is 10.2 Å². The summed E-state index contributed by atoms with van der Waals surface area (Å²) >= 11 is 0. The molecule has 0 bridgehead atoms. The van der Waals surface area contributed by atoms with Crippen LogP contribution in [0, 0.1) is 0 Å². The van der Waals surface area contributed by atoms with E-state index in [1.165, 1.54) is 12.1 Å². The number of halogens is 2. The largest absolute Gasteiger partial charge is 0.478 e. The van der Waals surface area contributed by atoms with Crippen molar-refractivity contribution in [3.8, 4) is 0 Å². The van der Waals surface area contributed by atoms with Crippen LogP contribution in [0.2, 0.25) is 0 Å². The van der Waals surface area contributed by atoms with Crippen molar-refractivity contribution in [2.45, 2.75) is 9.79 Å². The Bertz CT molecular complexity index is 967. The van der Waals surface area contributed by atoms with E-state index in [2.05, 4.69) is 0 Å². The van der Waals surface area contributed by atoms with Crippen LogP contribution in [0.5, 0.6) is 0 Å². The summed E-state index contributed by atoms with van der Waals surface area (Å²) in [6, 6.07) is 8.18. The first-order valence-corrected chi connectivity index (χ1v) is 9.15. The molecule has 2 rings (SSSR count). The van der Waals surface area contributed by atoms with Gasteiger partial charge in [-0.25, -0.2) is 9.59 Å². The van der Waals surface area contributed by atoms with E-state index in [1.54, 1.807) is 0 Å². The van der Waals surface area contributed by atoms with Gasteiger partial charge in [0.05, 0.1) is 20.9 Å². The monoisotopic (exact) mass is 471 g/mol. The second kappa shape index (κ2) is 9.55. The minimum absolute atomic E-state index is 0. The van der Waals surface area contributed by atoms with Crippen molar-refractivity contribution in [1.29, 1.82) is 0 Å². The summed E-state index contributed by atoms with van der Waals surface area (Å²) in [7, 11) is -9.64. The Hall–Kier alpha value is -2.34. The van der Waals surface area contributed by atoms with Crippen LogP contribution in [-0.2, 0) is 37.5 Å². The van der Waals surface area contributed by atoms with Gasteiger partial charge in [-0.3, -0.25) is 0 Å². The molecule has 2 aromatic rings. The Kier molecular flexibility index (Phi) is 8.73. The number of benzene rings is 2. The molecule has 0 unspecified atom stereocenters. The first kappa shape index (κ1) is 24.7. The van der Waals surface area contributed by atoms with E-state index >= 15 is 0 Å². The fourth-order valence-corrected chi connectivity index (χ4v) is 2.58. The first-order valence-electron chi connectivity index (χ1n) is 6.38. The van der Waals surface area contributed by atoms with E-state index in [9.17, 15) is 34.2 Å². The number of carboxylic acid groups (broad SMARTS) is 2. The van der Waals surface area contributed by atoms with Crippen molar-refractivity contribution in [3.05, 3.63) is 59.7 Å². The van der Waals surface area contributed by atoms with Gasteiger partial charge in [-0.15, -0.1) is 7.77 Å². The maximum atomic E-state index is 12.3. The van der Waals surface area contributed by atoms with Crippen LogP contribution in [0.15, 0.2) is 58.3 Å². The minimum Gasteiger partial charge on any atom is -0.478 e. The summed E-state index contributed by atoms with van der Waals surface area (Å²) in [5.41, 5.74) is -0.530. The van der Waals surface area contributed by atoms with Gasteiger partial charge in [0.25, 0.3) is 0 Å². The fourth-order valence-electron chi connectivity index (χ4n) is 1.56. The second-order valence-electron chi connectivity index (χ2n) is 4.54. The van der Waals surface area contributed by atoms with Crippen LogP contribution < -0.4 is 0 Å². The summed E-state index contributed by atoms with van der Waals surface area (Å²) in [5, 5.41) is 16.9. The Morgan fingerprint density at radius 2 is 1.00 bits per heavy atom. The molecule has 0 aliphatic carbocycles. The van der Waals surface area contributed by atoms with Crippen molar-refractivity contribution in [1.82, 2.24) is 0 Å². The van der Waals surface area contributed by atoms with E-state index < -0.39 is 42.2 Å². The average Bonchev–Trinajstić information content (AvgIpc) is 2.54. The molecule has 0 atom stereocenters. The van der Waals surface area contributed by atoms with Crippen LogP contribution in [-0.4, -0.2) is 39.0 Å². The van der Waals surface area contributed by atoms with Gasteiger partial charge in [-0.05, 0) is 36.4 Å². The molecule has 0 spiro atoms. The molecule has 0 aromatic heterocycles. The predicted octanol–water partition coefficient (Wildman–Crippen LogP) is 2.08. The molecule has 1 radical (unpaired) electrons. The summed E-state index contributed by atoms with van der Waals surface area (Å²) < 4.78 is 66.1. The molecule has 0 aliphatic heterocycles. The van der Waals surface area contributed by atoms with Gasteiger partial charge in [-0.1, -0.05) is 12.1 Å². The molecule has 0 heterocycles. The predicted molar refractivity (Wildman–Crippen MR) is 83.4 cm³/mol. The number of carbonyl (C=O) groups is 2. The Labute approximate surface area is 163 Å². The minimum atomic E-state index is -4.82. The normalized spacial score (nSPS) is 10.7. The van der Waals surface area contributed by atoms with Crippen LogP contribution in [0.1, 0.15) is 20.7 Å². The SMILES string of the molecule is O=C(O)c1cccc(S(=O)(=O)F)c1.O=C(O)c1cccc(S(=O)(=O)F)c1.[Cu]. The first-order chi connectivity index (χ1) is 11.8. The number of hydrogen-bond acceptors (Lipinski definition) is 6. The van der Waals surface area contributed by atoms with Gasteiger partial charge < -0.3 is 10.2 Å². The molecule has 2 aromatic carbocycles. The third-order valence-corrected chi connectivity index (χ3v) is 4.36. The molecule has 0 aliphatic rings. The smallest absolute Gasteiger partial charge is 0.335 e. The number of carboxylic acids is 2. The summed E-state index contributed by atoms with van der Waals surface area (Å²) in [6.45, 7) is 0. The van der Waals surface area contributed by atoms with Gasteiger partial charge in [-0.2, -0.15) is 16.8 Å². The quantitative estimate of drug-likeness (QED) is 0.509. The standard InChI is InChI=1S/2C7H5FO4S.Cu/c2*8-13(11,12)6-3-1-2-5(4-6)7(9)10;/h2*1-4H,(H,9,10);. The van der Waals surface area contributed by atoms with Crippen LogP contribution in [0.4, 0.5) is 7.77 Å². The average molecular weight is 472 g/mol. The van der Waals surface area contributed by atoms with Crippen LogP contribution in [0.25, 0.3) is 0 Å².